The normalized spacial score (nSPS) is 8.70. The van der Waals surface area contributed by atoms with Crippen molar-refractivity contribution in [1.29, 1.82) is 0 Å². The summed E-state index contributed by atoms with van der Waals surface area (Å²) in [7, 11) is 0. The van der Waals surface area contributed by atoms with Crippen LogP contribution in [0.4, 0.5) is 0 Å². The van der Waals surface area contributed by atoms with Crippen LogP contribution >= 0.6 is 0 Å². The molecular weight excluding hydrogens is 240 g/mol. The summed E-state index contributed by atoms with van der Waals surface area (Å²) >= 11 is 0. The molecule has 0 saturated heterocycles. The molecule has 0 unspecified atom stereocenters. The van der Waals surface area contributed by atoms with Gasteiger partial charge in [0.15, 0.2) is 0 Å². The number of hydrogen-bond acceptors (Lipinski definition) is 0. The summed E-state index contributed by atoms with van der Waals surface area (Å²) in [5.41, 5.74) is 0. The van der Waals surface area contributed by atoms with Gasteiger partial charge in [-0.3, -0.25) is 0 Å². The summed E-state index contributed by atoms with van der Waals surface area (Å²) in [6.07, 6.45) is 19.3. The molecule has 0 aliphatic heterocycles. The summed E-state index contributed by atoms with van der Waals surface area (Å²) in [5, 5.41) is 0. The Morgan fingerprint density at radius 2 is 1.35 bits per heavy atom. The van der Waals surface area contributed by atoms with Crippen LogP contribution in [0.3, 0.4) is 0 Å². The molecule has 0 nitrogen and oxygen atoms in total. The molecule has 0 atom stereocenters. The molecule has 0 spiro atoms. The molecule has 0 saturated carbocycles. The molecule has 0 heteroatoms. The number of hydrogen-bond donors (Lipinski definition) is 0. The highest BCUT2D eigenvalue weighted by Gasteiger charge is 1.68. The molecule has 120 valence electrons. The first-order chi connectivity index (χ1) is 9.66. The number of allylic oxidation sites excluding steroid dienone is 6. The standard InChI is InChI=1S/C5H12.2C5H10.C5H8/c4*1-3-5-4-2/h3-5H2,1-2H3;3,5H,4H2,1-2H3;3H,1,4-5H2,2H3;3-5H,1H2,2H3. The Kier molecular flexibility index (Phi) is 58.8. The molecule has 0 aromatic heterocycles. The molecule has 0 N–H and O–H groups in total. The van der Waals surface area contributed by atoms with Crippen LogP contribution in [0.1, 0.15) is 80.1 Å². The molecule has 0 aromatic rings. The maximum absolute atomic E-state index is 3.55. The van der Waals surface area contributed by atoms with Crippen LogP contribution in [-0.2, 0) is 0 Å². The molecule has 0 fully saturated rings. The number of unbranched alkanes of at least 4 members (excludes halogenated alkanes) is 3. The molecule has 0 bridgehead atoms. The third-order valence-corrected chi connectivity index (χ3v) is 2.00. The van der Waals surface area contributed by atoms with Gasteiger partial charge in [-0.15, -0.1) is 6.58 Å². The summed E-state index contributed by atoms with van der Waals surface area (Å²) in [6, 6.07) is 0. The van der Waals surface area contributed by atoms with Crippen LogP contribution < -0.4 is 0 Å². The second kappa shape index (κ2) is 43.0. The SMILES string of the molecule is C=CC=CC.C=CCCC.CC=CCC.CCCCC. The molecule has 0 heterocycles. The Morgan fingerprint density at radius 3 is 1.35 bits per heavy atom. The van der Waals surface area contributed by atoms with Gasteiger partial charge in [0.2, 0.25) is 0 Å². The van der Waals surface area contributed by atoms with E-state index in [0.717, 1.165) is 12.8 Å². The summed E-state index contributed by atoms with van der Waals surface area (Å²) < 4.78 is 0. The van der Waals surface area contributed by atoms with E-state index in [9.17, 15) is 0 Å². The van der Waals surface area contributed by atoms with Gasteiger partial charge in [-0.1, -0.05) is 96.4 Å². The Bertz CT molecular complexity index is 182. The van der Waals surface area contributed by atoms with Gasteiger partial charge in [0.1, 0.15) is 0 Å². The van der Waals surface area contributed by atoms with Crippen molar-refractivity contribution in [2.45, 2.75) is 80.1 Å². The van der Waals surface area contributed by atoms with E-state index < -0.39 is 0 Å². The Labute approximate surface area is 130 Å². The largest absolute Gasteiger partial charge is 0.103 e. The minimum absolute atomic E-state index is 1.15. The second-order valence-electron chi connectivity index (χ2n) is 4.17. The van der Waals surface area contributed by atoms with E-state index in [-0.39, 0.29) is 0 Å². The highest BCUT2D eigenvalue weighted by Crippen LogP contribution is 1.88. The van der Waals surface area contributed by atoms with Crippen molar-refractivity contribution in [2.75, 3.05) is 0 Å². The fraction of sp³-hybridized carbons (Fsp3) is 0.600. The summed E-state index contributed by atoms with van der Waals surface area (Å²) in [6.45, 7) is 19.7. The van der Waals surface area contributed by atoms with Crippen molar-refractivity contribution in [3.05, 3.63) is 49.6 Å². The zero-order chi connectivity index (χ0) is 16.5. The quantitative estimate of drug-likeness (QED) is 0.343. The van der Waals surface area contributed by atoms with Crippen molar-refractivity contribution >= 4 is 0 Å². The fourth-order valence-electron chi connectivity index (χ4n) is 0.929. The fourth-order valence-corrected chi connectivity index (χ4v) is 0.929. The maximum Gasteiger partial charge on any atom is -0.0356 e. The third-order valence-electron chi connectivity index (χ3n) is 2.00. The van der Waals surface area contributed by atoms with Gasteiger partial charge in [-0.25, -0.2) is 0 Å². The van der Waals surface area contributed by atoms with E-state index >= 15 is 0 Å². The lowest BCUT2D eigenvalue weighted by molar-refractivity contribution is 0.772. The molecule has 20 heavy (non-hydrogen) atoms. The van der Waals surface area contributed by atoms with Gasteiger partial charge in [-0.05, 0) is 26.7 Å². The lowest BCUT2D eigenvalue weighted by Gasteiger charge is -1.79. The average Bonchev–Trinajstić information content (AvgIpc) is 2.44. The Balaban J connectivity index is -0.0000000853. The first-order valence-electron chi connectivity index (χ1n) is 8.12. The predicted molar refractivity (Wildman–Crippen MR) is 100 cm³/mol. The lowest BCUT2D eigenvalue weighted by atomic mass is 10.3. The van der Waals surface area contributed by atoms with Gasteiger partial charge in [0, 0.05) is 0 Å². The average molecular weight is 281 g/mol. The monoisotopic (exact) mass is 280 g/mol. The first kappa shape index (κ1) is 27.3. The van der Waals surface area contributed by atoms with Gasteiger partial charge in [-0.2, -0.15) is 0 Å². The highest BCUT2D eigenvalue weighted by molar-refractivity contribution is 4.94. The first-order valence-corrected chi connectivity index (χ1v) is 8.12. The smallest absolute Gasteiger partial charge is 0.0356 e. The van der Waals surface area contributed by atoms with Crippen molar-refractivity contribution in [3.8, 4) is 0 Å². The molecule has 0 radical (unpaired) electrons. The van der Waals surface area contributed by atoms with E-state index in [1.807, 2.05) is 32.1 Å². The molecule has 0 aliphatic carbocycles. The van der Waals surface area contributed by atoms with E-state index in [0.29, 0.717) is 0 Å². The molecule has 0 aliphatic rings. The van der Waals surface area contributed by atoms with Gasteiger partial charge >= 0.3 is 0 Å². The van der Waals surface area contributed by atoms with E-state index in [1.54, 1.807) is 6.08 Å². The molecule has 0 aromatic carbocycles. The van der Waals surface area contributed by atoms with Crippen LogP contribution in [0, 0.1) is 0 Å². The van der Waals surface area contributed by atoms with Crippen molar-refractivity contribution in [3.63, 3.8) is 0 Å². The van der Waals surface area contributed by atoms with Crippen LogP contribution in [0.5, 0.6) is 0 Å². The van der Waals surface area contributed by atoms with Gasteiger partial charge < -0.3 is 0 Å². The molecule has 0 amide bonds. The Hall–Kier alpha value is -1.04. The minimum Gasteiger partial charge on any atom is -0.103 e. The summed E-state index contributed by atoms with van der Waals surface area (Å²) in [5.74, 6) is 0. The van der Waals surface area contributed by atoms with E-state index in [4.69, 9.17) is 0 Å². The second-order valence-corrected chi connectivity index (χ2v) is 4.17. The topological polar surface area (TPSA) is 0 Å². The zero-order valence-corrected chi connectivity index (χ0v) is 15.1. The maximum atomic E-state index is 3.55. The van der Waals surface area contributed by atoms with Gasteiger partial charge in [0.25, 0.3) is 0 Å². The van der Waals surface area contributed by atoms with Crippen LogP contribution in [0.15, 0.2) is 49.6 Å². The van der Waals surface area contributed by atoms with Crippen molar-refractivity contribution in [1.82, 2.24) is 0 Å². The zero-order valence-electron chi connectivity index (χ0n) is 15.1. The highest BCUT2D eigenvalue weighted by atomic mass is 13.7. The predicted octanol–water partition coefficient (Wildman–Crippen LogP) is 7.89. The lowest BCUT2D eigenvalue weighted by Crippen LogP contribution is -1.59. The molecular formula is C20H40. The van der Waals surface area contributed by atoms with Crippen LogP contribution in [-0.4, -0.2) is 0 Å². The minimum atomic E-state index is 1.15. The van der Waals surface area contributed by atoms with Gasteiger partial charge in [0.05, 0.1) is 0 Å². The van der Waals surface area contributed by atoms with Crippen molar-refractivity contribution in [2.24, 2.45) is 0 Å². The van der Waals surface area contributed by atoms with E-state index in [1.165, 1.54) is 25.7 Å². The Morgan fingerprint density at radius 1 is 0.800 bits per heavy atom. The molecule has 0 rings (SSSR count). The summed E-state index contributed by atoms with van der Waals surface area (Å²) in [4.78, 5) is 0. The van der Waals surface area contributed by atoms with Crippen molar-refractivity contribution < 1.29 is 0 Å². The van der Waals surface area contributed by atoms with E-state index in [2.05, 4.69) is 53.0 Å². The van der Waals surface area contributed by atoms with Crippen LogP contribution in [0.25, 0.3) is 0 Å². The third kappa shape index (κ3) is 89.2. The number of rotatable bonds is 6. The van der Waals surface area contributed by atoms with Crippen LogP contribution in [0.2, 0.25) is 0 Å².